The highest BCUT2D eigenvalue weighted by Gasteiger charge is 2.67. The lowest BCUT2D eigenvalue weighted by Gasteiger charge is -2.33. The number of aliphatic hydroxyl groups is 1. The average molecular weight is 373 g/mol. The van der Waals surface area contributed by atoms with Crippen LogP contribution in [0.5, 0.6) is 0 Å². The third-order valence-electron chi connectivity index (χ3n) is 4.92. The minimum atomic E-state index is -1.77. The Labute approximate surface area is 156 Å². The van der Waals surface area contributed by atoms with Gasteiger partial charge in [0.25, 0.3) is 0 Å². The van der Waals surface area contributed by atoms with Crippen LogP contribution in [-0.2, 0) is 19.8 Å². The third kappa shape index (κ3) is 2.46. The summed E-state index contributed by atoms with van der Waals surface area (Å²) >= 11 is 0. The van der Waals surface area contributed by atoms with Crippen molar-refractivity contribution in [2.45, 2.75) is 48.9 Å². The van der Waals surface area contributed by atoms with E-state index in [2.05, 4.69) is 16.2 Å². The first-order valence-electron chi connectivity index (χ1n) is 8.45. The summed E-state index contributed by atoms with van der Waals surface area (Å²) in [6, 6.07) is 3.23. The van der Waals surface area contributed by atoms with Gasteiger partial charge in [-0.1, -0.05) is 0 Å². The highest BCUT2D eigenvalue weighted by Crippen LogP contribution is 2.50. The first kappa shape index (κ1) is 18.2. The fourth-order valence-electron chi connectivity index (χ4n) is 3.85. The number of nitrogens with zero attached hydrogens (tertiary/aromatic N) is 4. The topological polar surface area (TPSA) is 128 Å². The van der Waals surface area contributed by atoms with Gasteiger partial charge < -0.3 is 25.1 Å². The maximum absolute atomic E-state index is 14.6. The van der Waals surface area contributed by atoms with E-state index in [9.17, 15) is 14.8 Å². The van der Waals surface area contributed by atoms with Crippen molar-refractivity contribution in [1.82, 2.24) is 14.6 Å². The number of anilines is 1. The standard InChI is InChI=1S/C15H18B2FN5O4/c1-13(2)25-9-10(26-13)14(4-19,27-11(9)15(16,17)24)7-3-6(18)8-12(20)21-5-22-23(7)8/h3,5,9-11,24H,16-17H2,1-2H3,(H2,20,21,22)/t9-,10+,11?,14-/m0/s1. The molecule has 2 aliphatic heterocycles. The van der Waals surface area contributed by atoms with Crippen LogP contribution in [0.25, 0.3) is 5.52 Å². The fraction of sp³-hybridized carbons (Fsp3) is 0.533. The summed E-state index contributed by atoms with van der Waals surface area (Å²) in [6.07, 6.45) is -1.39. The molecule has 12 heteroatoms. The zero-order chi connectivity index (χ0) is 19.8. The lowest BCUT2D eigenvalue weighted by molar-refractivity contribution is -0.210. The quantitative estimate of drug-likeness (QED) is 0.579. The molecule has 2 aromatic heterocycles. The molecule has 1 unspecified atom stereocenters. The predicted molar refractivity (Wildman–Crippen MR) is 95.4 cm³/mol. The van der Waals surface area contributed by atoms with E-state index in [-0.39, 0.29) is 17.0 Å². The molecule has 0 radical (unpaired) electrons. The van der Waals surface area contributed by atoms with Crippen LogP contribution >= 0.6 is 0 Å². The van der Waals surface area contributed by atoms with Crippen molar-refractivity contribution in [2.24, 2.45) is 0 Å². The van der Waals surface area contributed by atoms with Gasteiger partial charge >= 0.3 is 0 Å². The monoisotopic (exact) mass is 373 g/mol. The smallest absolute Gasteiger partial charge is 0.226 e. The van der Waals surface area contributed by atoms with Gasteiger partial charge in [-0.15, -0.1) is 0 Å². The van der Waals surface area contributed by atoms with Crippen molar-refractivity contribution in [3.05, 3.63) is 23.9 Å². The minimum absolute atomic E-state index is 0.0628. The average Bonchev–Trinajstić information content (AvgIpc) is 3.15. The van der Waals surface area contributed by atoms with Crippen molar-refractivity contribution in [3.63, 3.8) is 0 Å². The molecule has 2 aromatic rings. The Morgan fingerprint density at radius 1 is 1.41 bits per heavy atom. The maximum Gasteiger partial charge on any atom is 0.226 e. The number of aromatic nitrogens is 3. The van der Waals surface area contributed by atoms with Crippen LogP contribution in [0.4, 0.5) is 10.2 Å². The summed E-state index contributed by atoms with van der Waals surface area (Å²) in [6.45, 7) is 3.40. The Hall–Kier alpha value is -2.19. The number of hydrogen-bond acceptors (Lipinski definition) is 8. The molecular formula is C15H18B2FN5O4. The van der Waals surface area contributed by atoms with Gasteiger partial charge in [0.05, 0.1) is 5.69 Å². The molecule has 27 heavy (non-hydrogen) atoms. The molecule has 4 rings (SSSR count). The second kappa shape index (κ2) is 5.42. The molecule has 0 aliphatic carbocycles. The summed E-state index contributed by atoms with van der Waals surface area (Å²) in [4.78, 5) is 3.79. The molecule has 4 atom stereocenters. The molecule has 3 N–H and O–H groups in total. The van der Waals surface area contributed by atoms with Crippen LogP contribution in [0.1, 0.15) is 19.5 Å². The second-order valence-electron chi connectivity index (χ2n) is 7.84. The first-order valence-corrected chi connectivity index (χ1v) is 8.45. The minimum Gasteiger partial charge on any atom is -0.405 e. The molecular weight excluding hydrogens is 355 g/mol. The van der Waals surface area contributed by atoms with E-state index in [4.69, 9.17) is 19.9 Å². The number of rotatable bonds is 2. The molecule has 0 amide bonds. The Morgan fingerprint density at radius 3 is 2.74 bits per heavy atom. The van der Waals surface area contributed by atoms with E-state index < -0.39 is 40.9 Å². The van der Waals surface area contributed by atoms with Gasteiger partial charge in [-0.3, -0.25) is 0 Å². The number of nitrogens with two attached hydrogens (primary N) is 1. The Kier molecular flexibility index (Phi) is 3.65. The van der Waals surface area contributed by atoms with Gasteiger partial charge in [-0.05, 0) is 13.8 Å². The van der Waals surface area contributed by atoms with Gasteiger partial charge in [-0.2, -0.15) is 10.4 Å². The molecule has 0 aromatic carbocycles. The molecule has 2 fully saturated rings. The summed E-state index contributed by atoms with van der Waals surface area (Å²) in [5.41, 5.74) is 4.03. The van der Waals surface area contributed by atoms with Crippen molar-refractivity contribution in [2.75, 3.05) is 5.73 Å². The third-order valence-corrected chi connectivity index (χ3v) is 4.92. The van der Waals surface area contributed by atoms with Gasteiger partial charge in [0.2, 0.25) is 5.60 Å². The highest BCUT2D eigenvalue weighted by atomic mass is 19.1. The Bertz CT molecular complexity index is 971. The molecule has 2 saturated heterocycles. The van der Waals surface area contributed by atoms with Gasteiger partial charge in [0.1, 0.15) is 51.9 Å². The van der Waals surface area contributed by atoms with Crippen molar-refractivity contribution in [3.8, 4) is 6.07 Å². The van der Waals surface area contributed by atoms with Gasteiger partial charge in [-0.25, -0.2) is 13.9 Å². The number of hydrogen-bond donors (Lipinski definition) is 2. The van der Waals surface area contributed by atoms with Crippen LogP contribution in [-0.4, -0.2) is 64.9 Å². The molecule has 4 heterocycles. The van der Waals surface area contributed by atoms with Gasteiger partial charge in [0, 0.05) is 11.5 Å². The lowest BCUT2D eigenvalue weighted by Crippen LogP contribution is -2.50. The Balaban J connectivity index is 1.95. The lowest BCUT2D eigenvalue weighted by atomic mass is 9.61. The highest BCUT2D eigenvalue weighted by molar-refractivity contribution is 6.39. The van der Waals surface area contributed by atoms with E-state index >= 15 is 0 Å². The molecule has 2 aliphatic rings. The van der Waals surface area contributed by atoms with Crippen LogP contribution in [0.2, 0.25) is 0 Å². The molecule has 9 nitrogen and oxygen atoms in total. The van der Waals surface area contributed by atoms with Crippen LogP contribution in [0.15, 0.2) is 12.4 Å². The summed E-state index contributed by atoms with van der Waals surface area (Å²) < 4.78 is 33.7. The number of ether oxygens (including phenoxy) is 3. The summed E-state index contributed by atoms with van der Waals surface area (Å²) in [7, 11) is 3.10. The van der Waals surface area contributed by atoms with Crippen LogP contribution in [0, 0.1) is 17.1 Å². The predicted octanol–water partition coefficient (Wildman–Crippen LogP) is -2.00. The van der Waals surface area contributed by atoms with Crippen LogP contribution in [0.3, 0.4) is 0 Å². The Morgan fingerprint density at radius 2 is 2.11 bits per heavy atom. The van der Waals surface area contributed by atoms with E-state index in [1.54, 1.807) is 29.5 Å². The molecule has 0 saturated carbocycles. The van der Waals surface area contributed by atoms with E-state index in [0.717, 1.165) is 12.4 Å². The summed E-state index contributed by atoms with van der Waals surface area (Å²) in [5, 5.41) is 23.4. The van der Waals surface area contributed by atoms with E-state index in [0.29, 0.717) is 0 Å². The molecule has 140 valence electrons. The second-order valence-corrected chi connectivity index (χ2v) is 7.84. The fourth-order valence-corrected chi connectivity index (χ4v) is 3.85. The van der Waals surface area contributed by atoms with E-state index in [1.165, 1.54) is 4.52 Å². The molecule has 0 spiro atoms. The normalized spacial score (nSPS) is 32.5. The number of fused-ring (bicyclic) bond motifs is 2. The number of nitrogen functional groups attached to an aromatic ring is 1. The number of nitriles is 1. The number of halogens is 1. The van der Waals surface area contributed by atoms with E-state index in [1.807, 2.05) is 0 Å². The zero-order valence-corrected chi connectivity index (χ0v) is 15.3. The summed E-state index contributed by atoms with van der Waals surface area (Å²) in [5.74, 6) is -1.77. The van der Waals surface area contributed by atoms with Crippen molar-refractivity contribution < 1.29 is 23.7 Å². The largest absolute Gasteiger partial charge is 0.405 e. The first-order chi connectivity index (χ1) is 12.5. The van der Waals surface area contributed by atoms with Crippen LogP contribution < -0.4 is 5.73 Å². The van der Waals surface area contributed by atoms with Crippen molar-refractivity contribution in [1.29, 1.82) is 5.26 Å². The molecule has 0 bridgehead atoms. The van der Waals surface area contributed by atoms with Crippen molar-refractivity contribution >= 4 is 27.0 Å². The van der Waals surface area contributed by atoms with Gasteiger partial charge in [0.15, 0.2) is 17.4 Å². The zero-order valence-electron chi connectivity index (χ0n) is 15.3. The maximum atomic E-state index is 14.6. The SMILES string of the molecule is BC(B)(O)C1O[C@@](C#N)(c2cc(F)c3c(N)ncnn23)[C@@H]2OC(C)(C)O[C@H]12.